The normalized spacial score (nSPS) is 10.2. The van der Waals surface area contributed by atoms with Crippen LogP contribution in [-0.2, 0) is 0 Å². The minimum absolute atomic E-state index is 0.721. The molecule has 1 aromatic carbocycles. The SMILES string of the molecule is Cc1cnc(Sc2ccccc2N)nc1. The van der Waals surface area contributed by atoms with Gasteiger partial charge < -0.3 is 5.73 Å². The fourth-order valence-electron chi connectivity index (χ4n) is 1.11. The summed E-state index contributed by atoms with van der Waals surface area (Å²) in [5, 5.41) is 0.721. The maximum Gasteiger partial charge on any atom is 0.192 e. The van der Waals surface area contributed by atoms with E-state index in [-0.39, 0.29) is 0 Å². The van der Waals surface area contributed by atoms with Crippen molar-refractivity contribution in [3.63, 3.8) is 0 Å². The maximum absolute atomic E-state index is 5.82. The Balaban J connectivity index is 2.22. The van der Waals surface area contributed by atoms with Gasteiger partial charge in [0.1, 0.15) is 0 Å². The highest BCUT2D eigenvalue weighted by Crippen LogP contribution is 2.28. The van der Waals surface area contributed by atoms with E-state index in [1.54, 1.807) is 12.4 Å². The Kier molecular flexibility index (Phi) is 2.87. The average Bonchev–Trinajstić information content (AvgIpc) is 2.25. The fraction of sp³-hybridized carbons (Fsp3) is 0.0909. The van der Waals surface area contributed by atoms with Gasteiger partial charge in [0.25, 0.3) is 0 Å². The molecule has 1 aromatic heterocycles. The molecule has 1 heterocycles. The topological polar surface area (TPSA) is 51.8 Å². The van der Waals surface area contributed by atoms with Crippen LogP contribution in [-0.4, -0.2) is 9.97 Å². The van der Waals surface area contributed by atoms with Crippen molar-refractivity contribution in [2.45, 2.75) is 17.0 Å². The lowest BCUT2D eigenvalue weighted by atomic mass is 10.3. The van der Waals surface area contributed by atoms with Crippen LogP contribution in [0, 0.1) is 6.92 Å². The van der Waals surface area contributed by atoms with Crippen LogP contribution in [0.1, 0.15) is 5.56 Å². The number of nitrogen functional groups attached to an aromatic ring is 1. The Hall–Kier alpha value is -1.55. The van der Waals surface area contributed by atoms with Crippen LogP contribution in [0.4, 0.5) is 5.69 Å². The number of rotatable bonds is 2. The molecule has 0 aliphatic rings. The predicted octanol–water partition coefficient (Wildman–Crippen LogP) is 2.52. The molecule has 15 heavy (non-hydrogen) atoms. The van der Waals surface area contributed by atoms with Crippen molar-refractivity contribution in [3.8, 4) is 0 Å². The minimum atomic E-state index is 0.721. The van der Waals surface area contributed by atoms with Gasteiger partial charge in [0, 0.05) is 23.0 Å². The van der Waals surface area contributed by atoms with E-state index in [4.69, 9.17) is 5.73 Å². The van der Waals surface area contributed by atoms with Gasteiger partial charge in [-0.1, -0.05) is 12.1 Å². The number of nitrogens with zero attached hydrogens (tertiary/aromatic N) is 2. The zero-order valence-electron chi connectivity index (χ0n) is 8.34. The highest BCUT2D eigenvalue weighted by Gasteiger charge is 2.02. The van der Waals surface area contributed by atoms with Crippen LogP contribution in [0.15, 0.2) is 46.7 Å². The van der Waals surface area contributed by atoms with E-state index in [0.29, 0.717) is 0 Å². The summed E-state index contributed by atoms with van der Waals surface area (Å²) in [6.45, 7) is 1.96. The molecule has 0 atom stereocenters. The first-order valence-corrected chi connectivity index (χ1v) is 5.38. The predicted molar refractivity (Wildman–Crippen MR) is 61.7 cm³/mol. The van der Waals surface area contributed by atoms with E-state index in [1.807, 2.05) is 31.2 Å². The minimum Gasteiger partial charge on any atom is -0.398 e. The van der Waals surface area contributed by atoms with Crippen molar-refractivity contribution < 1.29 is 0 Å². The highest BCUT2D eigenvalue weighted by molar-refractivity contribution is 7.99. The molecule has 2 rings (SSSR count). The third-order valence-electron chi connectivity index (χ3n) is 1.88. The van der Waals surface area contributed by atoms with Crippen molar-refractivity contribution in [2.24, 2.45) is 0 Å². The van der Waals surface area contributed by atoms with E-state index >= 15 is 0 Å². The smallest absolute Gasteiger partial charge is 0.192 e. The van der Waals surface area contributed by atoms with E-state index < -0.39 is 0 Å². The van der Waals surface area contributed by atoms with E-state index in [0.717, 1.165) is 21.3 Å². The molecule has 0 spiro atoms. The molecule has 2 aromatic rings. The van der Waals surface area contributed by atoms with E-state index in [9.17, 15) is 0 Å². The number of benzene rings is 1. The lowest BCUT2D eigenvalue weighted by Gasteiger charge is -2.02. The fourth-order valence-corrected chi connectivity index (χ4v) is 1.85. The quantitative estimate of drug-likeness (QED) is 0.620. The van der Waals surface area contributed by atoms with Gasteiger partial charge in [-0.3, -0.25) is 0 Å². The molecule has 4 heteroatoms. The van der Waals surface area contributed by atoms with Crippen molar-refractivity contribution in [1.82, 2.24) is 9.97 Å². The summed E-state index contributed by atoms with van der Waals surface area (Å²) in [5.74, 6) is 0. The summed E-state index contributed by atoms with van der Waals surface area (Å²) in [5.41, 5.74) is 7.63. The Labute approximate surface area is 92.8 Å². The molecule has 0 fully saturated rings. The lowest BCUT2D eigenvalue weighted by Crippen LogP contribution is -1.90. The molecule has 2 N–H and O–H groups in total. The first-order chi connectivity index (χ1) is 7.25. The molecule has 0 saturated heterocycles. The van der Waals surface area contributed by atoms with Gasteiger partial charge in [-0.05, 0) is 36.4 Å². The zero-order valence-corrected chi connectivity index (χ0v) is 9.16. The third kappa shape index (κ3) is 2.47. The molecule has 3 nitrogen and oxygen atoms in total. The molecule has 0 amide bonds. The molecule has 0 saturated carbocycles. The molecule has 0 bridgehead atoms. The molecule has 0 aliphatic carbocycles. The maximum atomic E-state index is 5.82. The second kappa shape index (κ2) is 4.31. The standard InChI is InChI=1S/C11H11N3S/c1-8-6-13-11(14-7-8)15-10-5-3-2-4-9(10)12/h2-7H,12H2,1H3. The summed E-state index contributed by atoms with van der Waals surface area (Å²) in [4.78, 5) is 9.41. The summed E-state index contributed by atoms with van der Waals surface area (Å²) in [7, 11) is 0. The number of hydrogen-bond donors (Lipinski definition) is 1. The number of aromatic nitrogens is 2. The summed E-state index contributed by atoms with van der Waals surface area (Å²) in [6.07, 6.45) is 3.60. The molecule has 0 unspecified atom stereocenters. The first kappa shape index (κ1) is 9.98. The molecule has 76 valence electrons. The lowest BCUT2D eigenvalue weighted by molar-refractivity contribution is 0.950. The summed E-state index contributed by atoms with van der Waals surface area (Å²) < 4.78 is 0. The number of anilines is 1. The van der Waals surface area contributed by atoms with Crippen LogP contribution >= 0.6 is 11.8 Å². The molecule has 0 aliphatic heterocycles. The van der Waals surface area contributed by atoms with Crippen molar-refractivity contribution in [2.75, 3.05) is 5.73 Å². The van der Waals surface area contributed by atoms with Gasteiger partial charge in [0.2, 0.25) is 0 Å². The zero-order chi connectivity index (χ0) is 10.7. The monoisotopic (exact) mass is 217 g/mol. The van der Waals surface area contributed by atoms with Crippen LogP contribution in [0.3, 0.4) is 0 Å². The number of hydrogen-bond acceptors (Lipinski definition) is 4. The second-order valence-electron chi connectivity index (χ2n) is 3.18. The Morgan fingerprint density at radius 2 is 1.80 bits per heavy atom. The van der Waals surface area contributed by atoms with Gasteiger partial charge in [-0.15, -0.1) is 0 Å². The van der Waals surface area contributed by atoms with Gasteiger partial charge in [-0.2, -0.15) is 0 Å². The van der Waals surface area contributed by atoms with Crippen LogP contribution in [0.2, 0.25) is 0 Å². The first-order valence-electron chi connectivity index (χ1n) is 4.57. The van der Waals surface area contributed by atoms with Gasteiger partial charge in [0.15, 0.2) is 5.16 Å². The highest BCUT2D eigenvalue weighted by atomic mass is 32.2. The number of para-hydroxylation sites is 1. The number of aryl methyl sites for hydroxylation is 1. The Bertz CT molecular complexity index is 454. The third-order valence-corrected chi connectivity index (χ3v) is 2.86. The Morgan fingerprint density at radius 1 is 1.13 bits per heavy atom. The largest absolute Gasteiger partial charge is 0.398 e. The average molecular weight is 217 g/mol. The molecular formula is C11H11N3S. The summed E-state index contributed by atoms with van der Waals surface area (Å²) in [6, 6.07) is 7.70. The summed E-state index contributed by atoms with van der Waals surface area (Å²) >= 11 is 1.48. The second-order valence-corrected chi connectivity index (χ2v) is 4.19. The molecular weight excluding hydrogens is 206 g/mol. The van der Waals surface area contributed by atoms with Gasteiger partial charge >= 0.3 is 0 Å². The van der Waals surface area contributed by atoms with Crippen LogP contribution in [0.5, 0.6) is 0 Å². The molecule has 0 radical (unpaired) electrons. The van der Waals surface area contributed by atoms with E-state index in [1.165, 1.54) is 11.8 Å². The van der Waals surface area contributed by atoms with Crippen LogP contribution in [0.25, 0.3) is 0 Å². The van der Waals surface area contributed by atoms with Crippen LogP contribution < -0.4 is 5.73 Å². The van der Waals surface area contributed by atoms with Crippen molar-refractivity contribution >= 4 is 17.4 Å². The van der Waals surface area contributed by atoms with Gasteiger partial charge in [0.05, 0.1) is 0 Å². The van der Waals surface area contributed by atoms with Gasteiger partial charge in [-0.25, -0.2) is 9.97 Å². The van der Waals surface area contributed by atoms with Crippen molar-refractivity contribution in [1.29, 1.82) is 0 Å². The number of nitrogens with two attached hydrogens (primary N) is 1. The van der Waals surface area contributed by atoms with E-state index in [2.05, 4.69) is 9.97 Å². The Morgan fingerprint density at radius 3 is 2.47 bits per heavy atom. The van der Waals surface area contributed by atoms with Crippen molar-refractivity contribution in [3.05, 3.63) is 42.2 Å².